The molecule has 0 radical (unpaired) electrons. The van der Waals surface area contributed by atoms with Crippen molar-refractivity contribution >= 4 is 15.9 Å². The van der Waals surface area contributed by atoms with Gasteiger partial charge in [0.05, 0.1) is 11.8 Å². The number of hydrogen-bond acceptors (Lipinski definition) is 4. The van der Waals surface area contributed by atoms with E-state index in [9.17, 15) is 13.2 Å². The molecule has 20 heavy (non-hydrogen) atoms. The van der Waals surface area contributed by atoms with Crippen LogP contribution in [0.4, 0.5) is 0 Å². The van der Waals surface area contributed by atoms with Crippen molar-refractivity contribution in [2.75, 3.05) is 19.3 Å². The molecule has 1 saturated heterocycles. The maximum atomic E-state index is 12.4. The number of sulfonamides is 1. The van der Waals surface area contributed by atoms with Gasteiger partial charge < -0.3 is 10.6 Å². The predicted molar refractivity (Wildman–Crippen MR) is 79.9 cm³/mol. The van der Waals surface area contributed by atoms with E-state index in [4.69, 9.17) is 0 Å². The molecule has 1 aliphatic rings. The van der Waals surface area contributed by atoms with E-state index in [1.807, 2.05) is 0 Å². The lowest BCUT2D eigenvalue weighted by Crippen LogP contribution is -2.58. The van der Waals surface area contributed by atoms with Crippen LogP contribution in [0.2, 0.25) is 0 Å². The number of rotatable bonds is 7. The van der Waals surface area contributed by atoms with Crippen molar-refractivity contribution in [2.45, 2.75) is 57.5 Å². The predicted octanol–water partition coefficient (Wildman–Crippen LogP) is 0.353. The molecule has 1 amide bonds. The van der Waals surface area contributed by atoms with Crippen molar-refractivity contribution in [3.63, 3.8) is 0 Å². The van der Waals surface area contributed by atoms with Crippen molar-refractivity contribution in [1.29, 1.82) is 0 Å². The Morgan fingerprint density at radius 3 is 2.50 bits per heavy atom. The molecule has 0 bridgehead atoms. The molecule has 1 heterocycles. The molecule has 0 aromatic carbocycles. The largest absolute Gasteiger partial charge is 0.353 e. The molecule has 3 N–H and O–H groups in total. The SMILES string of the molecule is CCCC1(C(=O)NCC(C)(C)NS(C)(=O)=O)CCCN1. The van der Waals surface area contributed by atoms with Crippen LogP contribution in [0.3, 0.4) is 0 Å². The first-order valence-corrected chi connectivity index (χ1v) is 9.02. The van der Waals surface area contributed by atoms with Crippen molar-refractivity contribution in [2.24, 2.45) is 0 Å². The van der Waals surface area contributed by atoms with Gasteiger partial charge in [0.25, 0.3) is 0 Å². The first-order valence-electron chi connectivity index (χ1n) is 7.12. The fourth-order valence-electron chi connectivity index (χ4n) is 2.76. The summed E-state index contributed by atoms with van der Waals surface area (Å²) in [5.41, 5.74) is -1.18. The van der Waals surface area contributed by atoms with Crippen LogP contribution in [0, 0.1) is 0 Å². The van der Waals surface area contributed by atoms with Gasteiger partial charge in [-0.15, -0.1) is 0 Å². The Hall–Kier alpha value is -0.660. The summed E-state index contributed by atoms with van der Waals surface area (Å²) in [4.78, 5) is 12.4. The zero-order valence-electron chi connectivity index (χ0n) is 12.9. The summed E-state index contributed by atoms with van der Waals surface area (Å²) >= 11 is 0. The van der Waals surface area contributed by atoms with Gasteiger partial charge in [-0.3, -0.25) is 4.79 Å². The van der Waals surface area contributed by atoms with Gasteiger partial charge in [-0.25, -0.2) is 13.1 Å². The minimum atomic E-state index is -3.29. The normalized spacial score (nSPS) is 23.8. The van der Waals surface area contributed by atoms with Crippen LogP contribution in [0.5, 0.6) is 0 Å². The lowest BCUT2D eigenvalue weighted by atomic mass is 9.90. The molecule has 7 heteroatoms. The molecule has 1 fully saturated rings. The number of nitrogens with one attached hydrogen (secondary N) is 3. The highest BCUT2D eigenvalue weighted by Gasteiger charge is 2.40. The third-order valence-corrected chi connectivity index (χ3v) is 4.43. The maximum absolute atomic E-state index is 12.4. The molecule has 1 unspecified atom stereocenters. The Morgan fingerprint density at radius 2 is 2.05 bits per heavy atom. The standard InChI is InChI=1S/C13H27N3O3S/c1-5-7-13(8-6-9-15-13)11(17)14-10-12(2,3)16-20(4,18)19/h15-16H,5-10H2,1-4H3,(H,14,17). The van der Waals surface area contributed by atoms with Gasteiger partial charge in [-0.05, 0) is 39.7 Å². The second-order valence-corrected chi connectivity index (χ2v) is 8.05. The van der Waals surface area contributed by atoms with Crippen LogP contribution < -0.4 is 15.4 Å². The van der Waals surface area contributed by atoms with Crippen LogP contribution in [0.15, 0.2) is 0 Å². The van der Waals surface area contributed by atoms with Gasteiger partial charge in [0.2, 0.25) is 15.9 Å². The highest BCUT2D eigenvalue weighted by atomic mass is 32.2. The smallest absolute Gasteiger partial charge is 0.240 e. The monoisotopic (exact) mass is 305 g/mol. The summed E-state index contributed by atoms with van der Waals surface area (Å²) in [7, 11) is -3.29. The number of carbonyl (C=O) groups is 1. The van der Waals surface area contributed by atoms with Gasteiger partial charge in [0.15, 0.2) is 0 Å². The van der Waals surface area contributed by atoms with Gasteiger partial charge in [0.1, 0.15) is 0 Å². The van der Waals surface area contributed by atoms with Crippen LogP contribution in [0.1, 0.15) is 46.5 Å². The average molecular weight is 305 g/mol. The van der Waals surface area contributed by atoms with Crippen LogP contribution in [-0.2, 0) is 14.8 Å². The van der Waals surface area contributed by atoms with Crippen LogP contribution >= 0.6 is 0 Å². The molecule has 1 rings (SSSR count). The summed E-state index contributed by atoms with van der Waals surface area (Å²) in [5, 5.41) is 6.19. The highest BCUT2D eigenvalue weighted by molar-refractivity contribution is 7.88. The van der Waals surface area contributed by atoms with E-state index < -0.39 is 21.1 Å². The topological polar surface area (TPSA) is 87.3 Å². The maximum Gasteiger partial charge on any atom is 0.240 e. The fraction of sp³-hybridized carbons (Fsp3) is 0.923. The van der Waals surface area contributed by atoms with E-state index in [1.165, 1.54) is 0 Å². The number of carbonyl (C=O) groups excluding carboxylic acids is 1. The molecule has 0 spiro atoms. The quantitative estimate of drug-likeness (QED) is 0.633. The van der Waals surface area contributed by atoms with E-state index in [2.05, 4.69) is 22.3 Å². The Kier molecular flexibility index (Phi) is 5.57. The van der Waals surface area contributed by atoms with Gasteiger partial charge >= 0.3 is 0 Å². The van der Waals surface area contributed by atoms with Crippen molar-refractivity contribution in [1.82, 2.24) is 15.4 Å². The van der Waals surface area contributed by atoms with Crippen LogP contribution in [-0.4, -0.2) is 44.7 Å². The second kappa shape index (κ2) is 6.41. The highest BCUT2D eigenvalue weighted by Crippen LogP contribution is 2.25. The molecule has 0 aromatic rings. The van der Waals surface area contributed by atoms with Gasteiger partial charge in [-0.2, -0.15) is 0 Å². The van der Waals surface area contributed by atoms with Crippen LogP contribution in [0.25, 0.3) is 0 Å². The zero-order valence-corrected chi connectivity index (χ0v) is 13.7. The second-order valence-electron chi connectivity index (χ2n) is 6.30. The van der Waals surface area contributed by atoms with Crippen molar-refractivity contribution in [3.8, 4) is 0 Å². The number of amides is 1. The first kappa shape index (κ1) is 17.4. The van der Waals surface area contributed by atoms with Gasteiger partial charge in [0, 0.05) is 12.1 Å². The summed E-state index contributed by atoms with van der Waals surface area (Å²) in [5.74, 6) is -0.0276. The Morgan fingerprint density at radius 1 is 1.40 bits per heavy atom. The summed E-state index contributed by atoms with van der Waals surface area (Å²) in [6.45, 7) is 6.69. The summed E-state index contributed by atoms with van der Waals surface area (Å²) in [6, 6.07) is 0. The third kappa shape index (κ3) is 5.03. The Balaban J connectivity index is 2.61. The summed E-state index contributed by atoms with van der Waals surface area (Å²) in [6.07, 6.45) is 4.70. The lowest BCUT2D eigenvalue weighted by Gasteiger charge is -2.31. The van der Waals surface area contributed by atoms with Crippen molar-refractivity contribution < 1.29 is 13.2 Å². The molecule has 1 aliphatic heterocycles. The average Bonchev–Trinajstić information content (AvgIpc) is 2.73. The Bertz CT molecular complexity index is 440. The van der Waals surface area contributed by atoms with E-state index >= 15 is 0 Å². The lowest BCUT2D eigenvalue weighted by molar-refractivity contribution is -0.127. The first-order chi connectivity index (χ1) is 9.10. The molecule has 6 nitrogen and oxygen atoms in total. The molecule has 0 aliphatic carbocycles. The van der Waals surface area contributed by atoms with Gasteiger partial charge in [-0.1, -0.05) is 13.3 Å². The van der Waals surface area contributed by atoms with Crippen molar-refractivity contribution in [3.05, 3.63) is 0 Å². The molecular weight excluding hydrogens is 278 g/mol. The van der Waals surface area contributed by atoms with E-state index in [1.54, 1.807) is 13.8 Å². The minimum Gasteiger partial charge on any atom is -0.353 e. The zero-order chi connectivity index (χ0) is 15.4. The van der Waals surface area contributed by atoms with E-state index in [-0.39, 0.29) is 12.5 Å². The molecule has 0 aromatic heterocycles. The molecule has 1 atom stereocenters. The fourth-order valence-corrected chi connectivity index (χ4v) is 3.84. The third-order valence-electron chi connectivity index (χ3n) is 3.51. The minimum absolute atomic E-state index is 0.0276. The van der Waals surface area contributed by atoms with E-state index in [0.717, 1.165) is 38.5 Å². The number of hydrogen-bond donors (Lipinski definition) is 3. The molecular formula is C13H27N3O3S. The molecule has 118 valence electrons. The summed E-state index contributed by atoms with van der Waals surface area (Å²) < 4.78 is 25.1. The Labute approximate surface area is 122 Å². The van der Waals surface area contributed by atoms with E-state index in [0.29, 0.717) is 0 Å². The molecule has 0 saturated carbocycles.